The van der Waals surface area contributed by atoms with Crippen molar-refractivity contribution in [2.24, 2.45) is 0 Å². The Morgan fingerprint density at radius 2 is 1.53 bits per heavy atom. The van der Waals surface area contributed by atoms with Gasteiger partial charge in [0, 0.05) is 18.3 Å². The molecule has 2 heterocycles. The standard InChI is InChI=1S/C26H23N5O/c1-16-22(19-13-14-20(27)21(15-19)28-2)26(32)31-25(29-16)23(17-9-5-3-6-10-17)24(30-31)18-11-7-4-8-12-18/h3-15,28-29H,27H2,1-2H3. The van der Waals surface area contributed by atoms with Gasteiger partial charge in [0.15, 0.2) is 0 Å². The molecule has 32 heavy (non-hydrogen) atoms. The largest absolute Gasteiger partial charge is 0.397 e. The second-order valence-corrected chi connectivity index (χ2v) is 7.70. The van der Waals surface area contributed by atoms with Crippen molar-refractivity contribution in [1.29, 1.82) is 0 Å². The first-order valence-corrected chi connectivity index (χ1v) is 10.4. The van der Waals surface area contributed by atoms with Crippen molar-refractivity contribution in [2.45, 2.75) is 6.92 Å². The van der Waals surface area contributed by atoms with Crippen LogP contribution < -0.4 is 16.6 Å². The third-order valence-electron chi connectivity index (χ3n) is 5.69. The molecule has 6 heteroatoms. The number of nitrogens with zero attached hydrogens (tertiary/aromatic N) is 2. The summed E-state index contributed by atoms with van der Waals surface area (Å²) in [6, 6.07) is 25.5. The molecule has 0 bridgehead atoms. The summed E-state index contributed by atoms with van der Waals surface area (Å²) < 4.78 is 1.47. The lowest BCUT2D eigenvalue weighted by molar-refractivity contribution is 0.897. The minimum absolute atomic E-state index is 0.178. The zero-order chi connectivity index (χ0) is 22.2. The monoisotopic (exact) mass is 421 g/mol. The van der Waals surface area contributed by atoms with E-state index in [0.29, 0.717) is 16.9 Å². The number of nitrogen functional groups attached to an aromatic ring is 1. The maximum absolute atomic E-state index is 13.7. The first-order valence-electron chi connectivity index (χ1n) is 10.4. The summed E-state index contributed by atoms with van der Waals surface area (Å²) in [5.74, 6) is 0. The highest BCUT2D eigenvalue weighted by Gasteiger charge is 2.21. The molecule has 0 fully saturated rings. The molecule has 0 unspecified atom stereocenters. The number of aryl methyl sites for hydroxylation is 1. The van der Waals surface area contributed by atoms with E-state index in [9.17, 15) is 4.79 Å². The fourth-order valence-corrected chi connectivity index (χ4v) is 4.13. The number of fused-ring (bicyclic) bond motifs is 1. The summed E-state index contributed by atoms with van der Waals surface area (Å²) in [6.07, 6.45) is 0. The van der Waals surface area contributed by atoms with Crippen molar-refractivity contribution < 1.29 is 0 Å². The maximum Gasteiger partial charge on any atom is 0.282 e. The van der Waals surface area contributed by atoms with Crippen molar-refractivity contribution in [3.8, 4) is 33.5 Å². The van der Waals surface area contributed by atoms with Crippen LogP contribution in [-0.2, 0) is 0 Å². The SMILES string of the molecule is CNc1cc(-c2c(C)[nH]c3c(-c4ccccc4)c(-c4ccccc4)nn3c2=O)ccc1N. The van der Waals surface area contributed by atoms with Gasteiger partial charge in [-0.3, -0.25) is 4.79 Å². The molecule has 3 aromatic carbocycles. The molecule has 2 aromatic heterocycles. The second kappa shape index (κ2) is 7.74. The molecule has 0 aliphatic rings. The second-order valence-electron chi connectivity index (χ2n) is 7.70. The summed E-state index contributed by atoms with van der Waals surface area (Å²) in [7, 11) is 1.81. The zero-order valence-electron chi connectivity index (χ0n) is 17.9. The number of hydrogen-bond donors (Lipinski definition) is 3. The van der Waals surface area contributed by atoms with E-state index in [4.69, 9.17) is 10.8 Å². The molecule has 0 saturated carbocycles. The molecule has 5 rings (SSSR count). The van der Waals surface area contributed by atoms with Gasteiger partial charge in [0.1, 0.15) is 11.3 Å². The van der Waals surface area contributed by atoms with Gasteiger partial charge in [0.2, 0.25) is 0 Å². The summed E-state index contributed by atoms with van der Waals surface area (Å²) in [6.45, 7) is 1.91. The lowest BCUT2D eigenvalue weighted by Gasteiger charge is -2.11. The molecule has 0 aliphatic heterocycles. The molecular weight excluding hydrogens is 398 g/mol. The van der Waals surface area contributed by atoms with E-state index in [1.165, 1.54) is 4.52 Å². The van der Waals surface area contributed by atoms with Gasteiger partial charge in [-0.05, 0) is 30.2 Å². The van der Waals surface area contributed by atoms with Crippen LogP contribution in [0.4, 0.5) is 11.4 Å². The van der Waals surface area contributed by atoms with Crippen LogP contribution >= 0.6 is 0 Å². The summed E-state index contributed by atoms with van der Waals surface area (Å²) in [5.41, 5.74) is 13.6. The Morgan fingerprint density at radius 1 is 0.875 bits per heavy atom. The fraction of sp³-hybridized carbons (Fsp3) is 0.0769. The highest BCUT2D eigenvalue weighted by Crippen LogP contribution is 2.35. The molecular formula is C26H23N5O. The van der Waals surface area contributed by atoms with Gasteiger partial charge in [0.05, 0.1) is 22.5 Å². The first-order chi connectivity index (χ1) is 15.6. The lowest BCUT2D eigenvalue weighted by Crippen LogP contribution is -2.19. The number of nitrogens with one attached hydrogen (secondary N) is 2. The number of hydrogen-bond acceptors (Lipinski definition) is 4. The Morgan fingerprint density at radius 3 is 2.19 bits per heavy atom. The van der Waals surface area contributed by atoms with Crippen LogP contribution in [0.1, 0.15) is 5.69 Å². The van der Waals surface area contributed by atoms with Crippen molar-refractivity contribution in [3.63, 3.8) is 0 Å². The van der Waals surface area contributed by atoms with Gasteiger partial charge in [-0.15, -0.1) is 0 Å². The Labute approximate surface area is 185 Å². The van der Waals surface area contributed by atoms with Crippen LogP contribution in [0.2, 0.25) is 0 Å². The van der Waals surface area contributed by atoms with Gasteiger partial charge < -0.3 is 16.0 Å². The van der Waals surface area contributed by atoms with E-state index in [1.54, 1.807) is 6.07 Å². The van der Waals surface area contributed by atoms with Crippen molar-refractivity contribution in [2.75, 3.05) is 18.1 Å². The normalized spacial score (nSPS) is 11.1. The number of nitrogens with two attached hydrogens (primary N) is 1. The minimum atomic E-state index is -0.178. The Kier molecular flexibility index (Phi) is 4.75. The average molecular weight is 422 g/mol. The van der Waals surface area contributed by atoms with E-state index in [1.807, 2.05) is 86.8 Å². The zero-order valence-corrected chi connectivity index (χ0v) is 17.9. The third kappa shape index (κ3) is 3.13. The highest BCUT2D eigenvalue weighted by molar-refractivity contribution is 5.91. The van der Waals surface area contributed by atoms with Crippen LogP contribution in [0.3, 0.4) is 0 Å². The van der Waals surface area contributed by atoms with Gasteiger partial charge in [-0.25, -0.2) is 0 Å². The van der Waals surface area contributed by atoms with E-state index in [0.717, 1.165) is 39.3 Å². The molecule has 5 aromatic rings. The molecule has 0 atom stereocenters. The smallest absolute Gasteiger partial charge is 0.282 e. The summed E-state index contributed by atoms with van der Waals surface area (Å²) in [4.78, 5) is 17.1. The van der Waals surface area contributed by atoms with Crippen LogP contribution in [-0.4, -0.2) is 21.6 Å². The predicted molar refractivity (Wildman–Crippen MR) is 131 cm³/mol. The Hall–Kier alpha value is -4.32. The van der Waals surface area contributed by atoms with Crippen LogP contribution in [0.5, 0.6) is 0 Å². The molecule has 0 aliphatic carbocycles. The van der Waals surface area contributed by atoms with Gasteiger partial charge in [-0.1, -0.05) is 66.7 Å². The van der Waals surface area contributed by atoms with Crippen molar-refractivity contribution in [3.05, 3.63) is 94.9 Å². The topological polar surface area (TPSA) is 88.2 Å². The predicted octanol–water partition coefficient (Wildman–Crippen LogP) is 4.96. The van der Waals surface area contributed by atoms with Crippen LogP contribution in [0, 0.1) is 6.92 Å². The number of rotatable bonds is 4. The van der Waals surface area contributed by atoms with E-state index >= 15 is 0 Å². The summed E-state index contributed by atoms with van der Waals surface area (Å²) >= 11 is 0. The van der Waals surface area contributed by atoms with Gasteiger partial charge in [-0.2, -0.15) is 9.61 Å². The Bertz CT molecular complexity index is 1480. The van der Waals surface area contributed by atoms with E-state index < -0.39 is 0 Å². The minimum Gasteiger partial charge on any atom is -0.397 e. The Balaban J connectivity index is 1.84. The van der Waals surface area contributed by atoms with Crippen LogP contribution in [0.15, 0.2) is 83.7 Å². The quantitative estimate of drug-likeness (QED) is 0.358. The average Bonchev–Trinajstić information content (AvgIpc) is 3.21. The fourth-order valence-electron chi connectivity index (χ4n) is 4.13. The first kappa shape index (κ1) is 19.6. The molecule has 0 spiro atoms. The molecule has 158 valence electrons. The molecule has 0 amide bonds. The third-order valence-corrected chi connectivity index (χ3v) is 5.69. The van der Waals surface area contributed by atoms with Crippen LogP contribution in [0.25, 0.3) is 39.2 Å². The van der Waals surface area contributed by atoms with E-state index in [2.05, 4.69) is 10.3 Å². The van der Waals surface area contributed by atoms with E-state index in [-0.39, 0.29) is 5.56 Å². The lowest BCUT2D eigenvalue weighted by atomic mass is 10.0. The molecule has 6 nitrogen and oxygen atoms in total. The number of aromatic amines is 1. The van der Waals surface area contributed by atoms with Gasteiger partial charge in [0.25, 0.3) is 5.56 Å². The number of anilines is 2. The molecule has 4 N–H and O–H groups in total. The maximum atomic E-state index is 13.7. The highest BCUT2D eigenvalue weighted by atomic mass is 16.1. The van der Waals surface area contributed by atoms with Crippen molar-refractivity contribution >= 4 is 17.0 Å². The number of benzene rings is 3. The summed E-state index contributed by atoms with van der Waals surface area (Å²) in [5, 5.41) is 7.86. The van der Waals surface area contributed by atoms with Gasteiger partial charge >= 0.3 is 0 Å². The molecule has 0 saturated heterocycles. The number of aromatic nitrogens is 3. The number of H-pyrrole nitrogens is 1. The molecule has 0 radical (unpaired) electrons. The van der Waals surface area contributed by atoms with Crippen molar-refractivity contribution in [1.82, 2.24) is 14.6 Å².